The Morgan fingerprint density at radius 3 is 2.50 bits per heavy atom. The average molecular weight is 277 g/mol. The van der Waals surface area contributed by atoms with Crippen LogP contribution in [0.2, 0.25) is 0 Å². The van der Waals surface area contributed by atoms with Crippen molar-refractivity contribution in [3.63, 3.8) is 0 Å². The van der Waals surface area contributed by atoms with Gasteiger partial charge in [-0.1, -0.05) is 30.5 Å². The second kappa shape index (κ2) is 6.15. The highest BCUT2D eigenvalue weighted by Gasteiger charge is 2.42. The Bertz CT molecular complexity index is 450. The molecule has 20 heavy (non-hydrogen) atoms. The Labute approximate surface area is 122 Å². The SMILES string of the molecule is COc1ccc(C)cc1CC(O)C1(N(C)C)CCCC1. The second-order valence-corrected chi connectivity index (χ2v) is 6.24. The maximum atomic E-state index is 10.8. The Kier molecular flexibility index (Phi) is 4.71. The number of methoxy groups -OCH3 is 1. The fourth-order valence-corrected chi connectivity index (χ4v) is 3.53. The summed E-state index contributed by atoms with van der Waals surface area (Å²) in [4.78, 5) is 2.22. The van der Waals surface area contributed by atoms with Crippen molar-refractivity contribution in [3.05, 3.63) is 29.3 Å². The van der Waals surface area contributed by atoms with Crippen LogP contribution < -0.4 is 4.74 Å². The molecule has 1 saturated carbocycles. The third-order valence-corrected chi connectivity index (χ3v) is 4.83. The van der Waals surface area contributed by atoms with Crippen molar-refractivity contribution in [2.24, 2.45) is 0 Å². The quantitative estimate of drug-likeness (QED) is 0.898. The monoisotopic (exact) mass is 277 g/mol. The van der Waals surface area contributed by atoms with E-state index in [9.17, 15) is 5.11 Å². The van der Waals surface area contributed by atoms with Gasteiger partial charge < -0.3 is 14.7 Å². The molecule has 112 valence electrons. The lowest BCUT2D eigenvalue weighted by Crippen LogP contribution is -2.52. The van der Waals surface area contributed by atoms with Crippen molar-refractivity contribution in [1.29, 1.82) is 0 Å². The summed E-state index contributed by atoms with van der Waals surface area (Å²) in [6.07, 6.45) is 4.88. The van der Waals surface area contributed by atoms with Crippen LogP contribution in [-0.2, 0) is 6.42 Å². The fourth-order valence-electron chi connectivity index (χ4n) is 3.53. The molecule has 0 radical (unpaired) electrons. The van der Waals surface area contributed by atoms with E-state index in [1.165, 1.54) is 18.4 Å². The fraction of sp³-hybridized carbons (Fsp3) is 0.647. The van der Waals surface area contributed by atoms with Crippen molar-refractivity contribution in [2.45, 2.75) is 50.7 Å². The molecule has 0 aromatic heterocycles. The van der Waals surface area contributed by atoms with Crippen LogP contribution in [0, 0.1) is 6.92 Å². The molecule has 1 aromatic carbocycles. The van der Waals surface area contributed by atoms with Gasteiger partial charge in [-0.05, 0) is 45.5 Å². The summed E-state index contributed by atoms with van der Waals surface area (Å²) in [6.45, 7) is 2.08. The molecule has 0 aliphatic heterocycles. The predicted molar refractivity (Wildman–Crippen MR) is 82.3 cm³/mol. The first-order valence-electron chi connectivity index (χ1n) is 7.48. The second-order valence-electron chi connectivity index (χ2n) is 6.24. The van der Waals surface area contributed by atoms with Crippen LogP contribution in [0.3, 0.4) is 0 Å². The summed E-state index contributed by atoms with van der Waals surface area (Å²) >= 11 is 0. The van der Waals surface area contributed by atoms with Crippen molar-refractivity contribution < 1.29 is 9.84 Å². The molecule has 0 saturated heterocycles. The first kappa shape index (κ1) is 15.3. The molecule has 3 heteroatoms. The van der Waals surface area contributed by atoms with Gasteiger partial charge in [-0.2, -0.15) is 0 Å². The lowest BCUT2D eigenvalue weighted by atomic mass is 9.85. The van der Waals surface area contributed by atoms with Gasteiger partial charge in [0.2, 0.25) is 0 Å². The van der Waals surface area contributed by atoms with Crippen LogP contribution >= 0.6 is 0 Å². The zero-order valence-corrected chi connectivity index (χ0v) is 13.1. The summed E-state index contributed by atoms with van der Waals surface area (Å²) < 4.78 is 5.43. The van der Waals surface area contributed by atoms with Gasteiger partial charge in [0.1, 0.15) is 5.75 Å². The maximum absolute atomic E-state index is 10.8. The molecule has 1 unspecified atom stereocenters. The van der Waals surface area contributed by atoms with E-state index in [2.05, 4.69) is 32.0 Å². The van der Waals surface area contributed by atoms with Gasteiger partial charge in [0.25, 0.3) is 0 Å². The number of hydrogen-bond donors (Lipinski definition) is 1. The Morgan fingerprint density at radius 2 is 1.95 bits per heavy atom. The number of nitrogens with zero attached hydrogens (tertiary/aromatic N) is 1. The number of likely N-dealkylation sites (N-methyl/N-ethyl adjacent to an activating group) is 1. The Balaban J connectivity index is 2.22. The molecular weight excluding hydrogens is 250 g/mol. The molecule has 1 N–H and O–H groups in total. The number of benzene rings is 1. The Hall–Kier alpha value is -1.06. The standard InChI is InChI=1S/C17H27NO2/c1-13-7-8-15(20-4)14(11-13)12-16(19)17(18(2)3)9-5-6-10-17/h7-8,11,16,19H,5-6,9-10,12H2,1-4H3. The van der Waals surface area contributed by atoms with E-state index < -0.39 is 0 Å². The third-order valence-electron chi connectivity index (χ3n) is 4.83. The van der Waals surface area contributed by atoms with Crippen LogP contribution in [0.15, 0.2) is 18.2 Å². The van der Waals surface area contributed by atoms with Gasteiger partial charge in [0.05, 0.1) is 13.2 Å². The van der Waals surface area contributed by atoms with Crippen LogP contribution in [0.5, 0.6) is 5.75 Å². The van der Waals surface area contributed by atoms with Crippen LogP contribution in [0.4, 0.5) is 0 Å². The number of aryl methyl sites for hydroxylation is 1. The summed E-state index contributed by atoms with van der Waals surface area (Å²) in [5, 5.41) is 10.8. The molecule has 1 fully saturated rings. The highest BCUT2D eigenvalue weighted by Crippen LogP contribution is 2.38. The predicted octanol–water partition coefficient (Wildman–Crippen LogP) is 2.78. The topological polar surface area (TPSA) is 32.7 Å². The largest absolute Gasteiger partial charge is 0.496 e. The normalized spacial score (nSPS) is 19.3. The van der Waals surface area contributed by atoms with Gasteiger partial charge in [0, 0.05) is 12.0 Å². The van der Waals surface area contributed by atoms with Crippen LogP contribution in [-0.4, -0.2) is 42.9 Å². The summed E-state index contributed by atoms with van der Waals surface area (Å²) in [5.74, 6) is 0.876. The summed E-state index contributed by atoms with van der Waals surface area (Å²) in [5.41, 5.74) is 2.24. The molecule has 1 aliphatic rings. The molecular formula is C17H27NO2. The van der Waals surface area contributed by atoms with E-state index in [-0.39, 0.29) is 11.6 Å². The minimum Gasteiger partial charge on any atom is -0.496 e. The first-order chi connectivity index (χ1) is 9.49. The molecule has 0 amide bonds. The molecule has 2 rings (SSSR count). The molecule has 1 aromatic rings. The highest BCUT2D eigenvalue weighted by molar-refractivity contribution is 5.37. The number of hydrogen-bond acceptors (Lipinski definition) is 3. The third kappa shape index (κ3) is 2.84. The van der Waals surface area contributed by atoms with Gasteiger partial charge >= 0.3 is 0 Å². The van der Waals surface area contributed by atoms with E-state index in [1.807, 2.05) is 12.1 Å². The van der Waals surface area contributed by atoms with Crippen molar-refractivity contribution in [3.8, 4) is 5.75 Å². The Morgan fingerprint density at radius 1 is 1.30 bits per heavy atom. The van der Waals surface area contributed by atoms with E-state index >= 15 is 0 Å². The van der Waals surface area contributed by atoms with Gasteiger partial charge in [-0.3, -0.25) is 0 Å². The van der Waals surface area contributed by atoms with Crippen LogP contribution in [0.1, 0.15) is 36.8 Å². The molecule has 0 bridgehead atoms. The molecule has 0 spiro atoms. The van der Waals surface area contributed by atoms with Gasteiger partial charge in [0.15, 0.2) is 0 Å². The van der Waals surface area contributed by atoms with Gasteiger partial charge in [-0.15, -0.1) is 0 Å². The van der Waals surface area contributed by atoms with E-state index in [4.69, 9.17) is 4.74 Å². The molecule has 1 atom stereocenters. The molecule has 1 aliphatic carbocycles. The zero-order valence-electron chi connectivity index (χ0n) is 13.1. The van der Waals surface area contributed by atoms with Crippen molar-refractivity contribution in [2.75, 3.05) is 21.2 Å². The van der Waals surface area contributed by atoms with Crippen molar-refractivity contribution >= 4 is 0 Å². The van der Waals surface area contributed by atoms with E-state index in [1.54, 1.807) is 7.11 Å². The minimum atomic E-state index is -0.351. The van der Waals surface area contributed by atoms with Crippen LogP contribution in [0.25, 0.3) is 0 Å². The highest BCUT2D eigenvalue weighted by atomic mass is 16.5. The first-order valence-corrected chi connectivity index (χ1v) is 7.48. The zero-order chi connectivity index (χ0) is 14.8. The maximum Gasteiger partial charge on any atom is 0.122 e. The summed E-state index contributed by atoms with van der Waals surface area (Å²) in [6, 6.07) is 6.17. The van der Waals surface area contributed by atoms with E-state index in [0.29, 0.717) is 6.42 Å². The number of rotatable bonds is 5. The summed E-state index contributed by atoms with van der Waals surface area (Å²) in [7, 11) is 5.86. The smallest absolute Gasteiger partial charge is 0.122 e. The molecule has 0 heterocycles. The minimum absolute atomic E-state index is 0.0746. The van der Waals surface area contributed by atoms with Gasteiger partial charge in [-0.25, -0.2) is 0 Å². The average Bonchev–Trinajstić information content (AvgIpc) is 2.89. The number of aliphatic hydroxyl groups excluding tert-OH is 1. The molecule has 3 nitrogen and oxygen atoms in total. The lowest BCUT2D eigenvalue weighted by Gasteiger charge is -2.40. The van der Waals surface area contributed by atoms with E-state index in [0.717, 1.165) is 24.2 Å². The lowest BCUT2D eigenvalue weighted by molar-refractivity contribution is -0.00277. The van der Waals surface area contributed by atoms with Crippen molar-refractivity contribution in [1.82, 2.24) is 4.90 Å². The number of ether oxygens (including phenoxy) is 1. The number of aliphatic hydroxyl groups is 1.